The first kappa shape index (κ1) is 16.0. The molecule has 18 heavy (non-hydrogen) atoms. The monoisotopic (exact) mass is 278 g/mol. The van der Waals surface area contributed by atoms with E-state index in [4.69, 9.17) is 0 Å². The Morgan fingerprint density at radius 1 is 1.06 bits per heavy atom. The van der Waals surface area contributed by atoms with Crippen LogP contribution in [0.15, 0.2) is 30.5 Å². The van der Waals surface area contributed by atoms with Gasteiger partial charge < -0.3 is 12.9 Å². The van der Waals surface area contributed by atoms with Crippen LogP contribution in [-0.4, -0.2) is 16.8 Å². The first-order valence-corrected chi connectivity index (χ1v) is 5.20. The number of aromatic nitrogens is 2. The molecule has 0 radical (unpaired) electrons. The van der Waals surface area contributed by atoms with Gasteiger partial charge in [0, 0.05) is 6.20 Å². The van der Waals surface area contributed by atoms with Crippen LogP contribution in [0.4, 0.5) is 12.9 Å². The van der Waals surface area contributed by atoms with E-state index in [0.29, 0.717) is 5.69 Å². The van der Waals surface area contributed by atoms with Gasteiger partial charge in [0.1, 0.15) is 0 Å². The molecule has 0 unspecified atom stereocenters. The summed E-state index contributed by atoms with van der Waals surface area (Å²) in [6, 6.07) is 6.28. The van der Waals surface area contributed by atoms with E-state index in [0.717, 1.165) is 21.9 Å². The summed E-state index contributed by atoms with van der Waals surface area (Å²) in [5, 5.41) is 3.75. The van der Waals surface area contributed by atoms with Crippen LogP contribution in [0.3, 0.4) is 0 Å². The molecule has 2 aromatic rings. The fourth-order valence-electron chi connectivity index (χ4n) is 1.85. The van der Waals surface area contributed by atoms with E-state index in [1.807, 2.05) is 19.9 Å². The predicted octanol–water partition coefficient (Wildman–Crippen LogP) is -0.452. The van der Waals surface area contributed by atoms with Gasteiger partial charge in [-0.1, -0.05) is 12.1 Å². The molecule has 0 aliphatic rings. The van der Waals surface area contributed by atoms with Gasteiger partial charge in [0.15, 0.2) is 0 Å². The molecular formula is C11H11BF3KN2. The third-order valence-electron chi connectivity index (χ3n) is 2.46. The van der Waals surface area contributed by atoms with E-state index in [-0.39, 0.29) is 51.4 Å². The molecule has 0 fully saturated rings. The fourth-order valence-corrected chi connectivity index (χ4v) is 1.85. The zero-order valence-electron chi connectivity index (χ0n) is 10.5. The maximum atomic E-state index is 12.8. The Hall–Kier alpha value is -0.0787. The van der Waals surface area contributed by atoms with Crippen molar-refractivity contribution in [2.24, 2.45) is 0 Å². The minimum atomic E-state index is -5.05. The molecule has 0 amide bonds. The Balaban J connectivity index is 0.00000162. The average molecular weight is 278 g/mol. The van der Waals surface area contributed by atoms with Crippen molar-refractivity contribution in [3.8, 4) is 5.69 Å². The standard InChI is InChI=1S/C11H11BF3N2.K/c1-8-5-9(2)7-10(6-8)17-11(3-4-16-17)12(13,14)15;/h3-7H,1-2H3;/q-1;+1. The number of halogens is 3. The predicted molar refractivity (Wildman–Crippen MR) is 61.8 cm³/mol. The Morgan fingerprint density at radius 2 is 1.61 bits per heavy atom. The Bertz CT molecular complexity index is 531. The summed E-state index contributed by atoms with van der Waals surface area (Å²) in [5.74, 6) is 0. The molecule has 0 N–H and O–H groups in total. The molecule has 0 aliphatic heterocycles. The molecule has 0 saturated carbocycles. The number of benzene rings is 1. The van der Waals surface area contributed by atoms with Crippen LogP contribution in [0.5, 0.6) is 0 Å². The number of hydrogen-bond donors (Lipinski definition) is 0. The van der Waals surface area contributed by atoms with Gasteiger partial charge in [-0.2, -0.15) is 5.10 Å². The van der Waals surface area contributed by atoms with Crippen molar-refractivity contribution in [2.45, 2.75) is 13.8 Å². The molecule has 0 saturated heterocycles. The summed E-state index contributed by atoms with van der Waals surface area (Å²) in [6.45, 7) is -1.36. The summed E-state index contributed by atoms with van der Waals surface area (Å²) in [4.78, 5) is 0. The van der Waals surface area contributed by atoms with Crippen molar-refractivity contribution in [1.82, 2.24) is 9.78 Å². The van der Waals surface area contributed by atoms with Crippen molar-refractivity contribution in [3.63, 3.8) is 0 Å². The van der Waals surface area contributed by atoms with Crippen LogP contribution in [0.2, 0.25) is 0 Å². The molecule has 1 aromatic heterocycles. The van der Waals surface area contributed by atoms with E-state index in [1.165, 1.54) is 6.20 Å². The van der Waals surface area contributed by atoms with Crippen molar-refractivity contribution in [2.75, 3.05) is 0 Å². The molecule has 2 nitrogen and oxygen atoms in total. The molecule has 1 aromatic carbocycles. The second-order valence-electron chi connectivity index (χ2n) is 4.09. The third-order valence-corrected chi connectivity index (χ3v) is 2.46. The van der Waals surface area contributed by atoms with E-state index in [1.54, 1.807) is 12.1 Å². The molecule has 0 bridgehead atoms. The molecule has 0 aliphatic carbocycles. The normalized spacial score (nSPS) is 11.2. The van der Waals surface area contributed by atoms with Gasteiger partial charge in [-0.3, -0.25) is 4.68 Å². The van der Waals surface area contributed by atoms with Crippen molar-refractivity contribution in [3.05, 3.63) is 41.6 Å². The van der Waals surface area contributed by atoms with Crippen LogP contribution in [-0.2, 0) is 0 Å². The van der Waals surface area contributed by atoms with Gasteiger partial charge in [0.25, 0.3) is 0 Å². The summed E-state index contributed by atoms with van der Waals surface area (Å²) >= 11 is 0. The summed E-state index contributed by atoms with van der Waals surface area (Å²) in [7, 11) is 0. The van der Waals surface area contributed by atoms with Crippen LogP contribution in [0.25, 0.3) is 5.69 Å². The largest absolute Gasteiger partial charge is 1.00 e. The van der Waals surface area contributed by atoms with Crippen LogP contribution in [0, 0.1) is 13.8 Å². The minimum Gasteiger partial charge on any atom is -0.444 e. The maximum absolute atomic E-state index is 12.8. The van der Waals surface area contributed by atoms with Gasteiger partial charge in [0.05, 0.1) is 5.69 Å². The van der Waals surface area contributed by atoms with E-state index < -0.39 is 12.6 Å². The van der Waals surface area contributed by atoms with E-state index in [2.05, 4.69) is 5.10 Å². The molecular weight excluding hydrogens is 267 g/mol. The summed E-state index contributed by atoms with van der Waals surface area (Å²) in [6.07, 6.45) is 1.17. The number of aryl methyl sites for hydroxylation is 2. The molecule has 0 atom stereocenters. The second kappa shape index (κ2) is 5.92. The summed E-state index contributed by atoms with van der Waals surface area (Å²) < 4.78 is 39.3. The van der Waals surface area contributed by atoms with Gasteiger partial charge in [-0.15, -0.1) is 0 Å². The molecule has 1 heterocycles. The first-order chi connectivity index (χ1) is 7.88. The van der Waals surface area contributed by atoms with E-state index >= 15 is 0 Å². The quantitative estimate of drug-likeness (QED) is 0.680. The van der Waals surface area contributed by atoms with Gasteiger partial charge in [0.2, 0.25) is 0 Å². The van der Waals surface area contributed by atoms with E-state index in [9.17, 15) is 12.9 Å². The molecule has 90 valence electrons. The number of hydrogen-bond acceptors (Lipinski definition) is 1. The molecule has 0 spiro atoms. The maximum Gasteiger partial charge on any atom is 1.00 e. The topological polar surface area (TPSA) is 17.8 Å². The smallest absolute Gasteiger partial charge is 0.444 e. The Kier molecular flexibility index (Phi) is 5.25. The van der Waals surface area contributed by atoms with Crippen molar-refractivity contribution >= 4 is 12.6 Å². The molecule has 7 heteroatoms. The van der Waals surface area contributed by atoms with Crippen LogP contribution < -0.4 is 57.0 Å². The number of rotatable bonds is 2. The Morgan fingerprint density at radius 3 is 2.11 bits per heavy atom. The van der Waals surface area contributed by atoms with Crippen molar-refractivity contribution < 1.29 is 64.3 Å². The van der Waals surface area contributed by atoms with Crippen molar-refractivity contribution in [1.29, 1.82) is 0 Å². The zero-order valence-corrected chi connectivity index (χ0v) is 13.6. The molecule has 2 rings (SSSR count). The minimum absolute atomic E-state index is 0. The fraction of sp³-hybridized carbons (Fsp3) is 0.182. The SMILES string of the molecule is Cc1cc(C)cc(-n2nccc2[B-](F)(F)F)c1.[K+]. The van der Waals surface area contributed by atoms with Gasteiger partial charge >= 0.3 is 58.4 Å². The second-order valence-corrected chi connectivity index (χ2v) is 4.09. The third kappa shape index (κ3) is 3.48. The average Bonchev–Trinajstić information content (AvgIpc) is 2.63. The zero-order chi connectivity index (χ0) is 12.6. The van der Waals surface area contributed by atoms with Gasteiger partial charge in [-0.05, 0) is 42.7 Å². The number of nitrogens with zero attached hydrogens (tertiary/aromatic N) is 2. The van der Waals surface area contributed by atoms with Crippen LogP contribution >= 0.6 is 0 Å². The van der Waals surface area contributed by atoms with Crippen LogP contribution in [0.1, 0.15) is 11.1 Å². The first-order valence-electron chi connectivity index (χ1n) is 5.20. The summed E-state index contributed by atoms with van der Waals surface area (Å²) in [5.41, 5.74) is 1.57. The Labute approximate surface area is 146 Å². The van der Waals surface area contributed by atoms with Gasteiger partial charge in [-0.25, -0.2) is 0 Å².